The summed E-state index contributed by atoms with van der Waals surface area (Å²) in [6.45, 7) is 8.24. The van der Waals surface area contributed by atoms with Crippen molar-refractivity contribution in [3.05, 3.63) is 22.4 Å². The van der Waals surface area contributed by atoms with Gasteiger partial charge in [0.1, 0.15) is 0 Å². The van der Waals surface area contributed by atoms with Gasteiger partial charge in [0, 0.05) is 17.5 Å². The molecular formula is C16H28N2S. The number of nitrogens with zero attached hydrogens (tertiary/aromatic N) is 1. The minimum Gasteiger partial charge on any atom is -0.312 e. The van der Waals surface area contributed by atoms with Gasteiger partial charge in [-0.25, -0.2) is 0 Å². The van der Waals surface area contributed by atoms with Crippen molar-refractivity contribution in [1.29, 1.82) is 0 Å². The molecular weight excluding hydrogens is 252 g/mol. The number of nitrogens with one attached hydrogen (secondary N) is 1. The molecule has 3 atom stereocenters. The van der Waals surface area contributed by atoms with Crippen molar-refractivity contribution in [2.75, 3.05) is 20.6 Å². The second-order valence-corrected chi connectivity index (χ2v) is 8.04. The maximum absolute atomic E-state index is 3.82. The van der Waals surface area contributed by atoms with Gasteiger partial charge in [-0.2, -0.15) is 0 Å². The molecule has 0 saturated heterocycles. The molecule has 0 amide bonds. The zero-order chi connectivity index (χ0) is 14.0. The lowest BCUT2D eigenvalue weighted by Crippen LogP contribution is -2.38. The van der Waals surface area contributed by atoms with E-state index in [0.29, 0.717) is 17.5 Å². The van der Waals surface area contributed by atoms with Gasteiger partial charge in [-0.1, -0.05) is 26.8 Å². The minimum atomic E-state index is 0.496. The van der Waals surface area contributed by atoms with E-state index in [9.17, 15) is 0 Å². The van der Waals surface area contributed by atoms with E-state index in [-0.39, 0.29) is 0 Å². The van der Waals surface area contributed by atoms with Gasteiger partial charge in [0.05, 0.1) is 6.04 Å². The molecule has 0 aliphatic heterocycles. The largest absolute Gasteiger partial charge is 0.312 e. The van der Waals surface area contributed by atoms with Crippen molar-refractivity contribution in [2.45, 2.75) is 45.7 Å². The van der Waals surface area contributed by atoms with E-state index in [4.69, 9.17) is 0 Å². The van der Waals surface area contributed by atoms with Crippen LogP contribution in [-0.2, 0) is 0 Å². The van der Waals surface area contributed by atoms with Gasteiger partial charge in [-0.3, -0.25) is 0 Å². The molecule has 1 heterocycles. The summed E-state index contributed by atoms with van der Waals surface area (Å²) >= 11 is 1.86. The van der Waals surface area contributed by atoms with Gasteiger partial charge < -0.3 is 10.2 Å². The van der Waals surface area contributed by atoms with Gasteiger partial charge in [0.25, 0.3) is 0 Å². The fourth-order valence-corrected chi connectivity index (χ4v) is 4.37. The van der Waals surface area contributed by atoms with E-state index in [1.165, 1.54) is 17.7 Å². The van der Waals surface area contributed by atoms with Crippen LogP contribution < -0.4 is 5.32 Å². The van der Waals surface area contributed by atoms with Crippen LogP contribution in [-0.4, -0.2) is 31.6 Å². The predicted octanol–water partition coefficient (Wildman–Crippen LogP) is 3.77. The first-order valence-electron chi connectivity index (χ1n) is 7.32. The smallest absolute Gasteiger partial charge is 0.0561 e. The molecule has 19 heavy (non-hydrogen) atoms. The first-order valence-corrected chi connectivity index (χ1v) is 8.20. The molecule has 1 aromatic rings. The highest BCUT2D eigenvalue weighted by atomic mass is 32.1. The van der Waals surface area contributed by atoms with Crippen LogP contribution in [0.25, 0.3) is 0 Å². The summed E-state index contributed by atoms with van der Waals surface area (Å²) in [4.78, 5) is 3.78. The van der Waals surface area contributed by atoms with Gasteiger partial charge >= 0.3 is 0 Å². The first-order chi connectivity index (χ1) is 8.89. The van der Waals surface area contributed by atoms with E-state index in [1.807, 2.05) is 11.3 Å². The van der Waals surface area contributed by atoms with Crippen LogP contribution in [0, 0.1) is 11.3 Å². The maximum Gasteiger partial charge on any atom is 0.0561 e. The third-order valence-corrected chi connectivity index (χ3v) is 5.38. The second kappa shape index (κ2) is 5.94. The molecule has 1 aromatic heterocycles. The number of likely N-dealkylation sites (N-methyl/N-ethyl adjacent to an activating group) is 1. The standard InChI is InChI=1S/C16H28N2S/c1-12-9-16(2,3)10-13(12)17-11-14(18(4)5)15-7-6-8-19-15/h6-8,12-14,17H,9-11H2,1-5H3. The molecule has 1 aliphatic carbocycles. The van der Waals surface area contributed by atoms with Crippen LogP contribution in [0.5, 0.6) is 0 Å². The minimum absolute atomic E-state index is 0.496. The van der Waals surface area contributed by atoms with E-state index in [0.717, 1.165) is 12.5 Å². The maximum atomic E-state index is 3.82. The van der Waals surface area contributed by atoms with E-state index in [1.54, 1.807) is 0 Å². The molecule has 0 spiro atoms. The molecule has 0 radical (unpaired) electrons. The predicted molar refractivity (Wildman–Crippen MR) is 84.7 cm³/mol. The van der Waals surface area contributed by atoms with E-state index in [2.05, 4.69) is 62.6 Å². The molecule has 0 bridgehead atoms. The second-order valence-electron chi connectivity index (χ2n) is 7.06. The Morgan fingerprint density at radius 1 is 1.42 bits per heavy atom. The Morgan fingerprint density at radius 2 is 2.16 bits per heavy atom. The van der Waals surface area contributed by atoms with E-state index < -0.39 is 0 Å². The molecule has 3 unspecified atom stereocenters. The summed E-state index contributed by atoms with van der Waals surface area (Å²) < 4.78 is 0. The van der Waals surface area contributed by atoms with Crippen LogP contribution >= 0.6 is 11.3 Å². The lowest BCUT2D eigenvalue weighted by Gasteiger charge is -2.27. The van der Waals surface area contributed by atoms with E-state index >= 15 is 0 Å². The van der Waals surface area contributed by atoms with Crippen molar-refractivity contribution in [2.24, 2.45) is 11.3 Å². The number of rotatable bonds is 5. The first kappa shape index (κ1) is 15.0. The molecule has 108 valence electrons. The Labute approximate surface area is 122 Å². The molecule has 1 aliphatic rings. The van der Waals surface area contributed by atoms with Crippen LogP contribution in [0.4, 0.5) is 0 Å². The highest BCUT2D eigenvalue weighted by molar-refractivity contribution is 7.10. The zero-order valence-corrected chi connectivity index (χ0v) is 13.8. The highest BCUT2D eigenvalue weighted by Gasteiger charge is 2.36. The third kappa shape index (κ3) is 3.80. The SMILES string of the molecule is CC1CC(C)(C)CC1NCC(c1cccs1)N(C)C. The van der Waals surface area contributed by atoms with Gasteiger partial charge in [-0.15, -0.1) is 11.3 Å². The average Bonchev–Trinajstić information content (AvgIpc) is 2.87. The Hall–Kier alpha value is -0.380. The molecule has 2 nitrogen and oxygen atoms in total. The Balaban J connectivity index is 1.93. The van der Waals surface area contributed by atoms with Gasteiger partial charge in [0.15, 0.2) is 0 Å². The van der Waals surface area contributed by atoms with Crippen LogP contribution in [0.15, 0.2) is 17.5 Å². The van der Waals surface area contributed by atoms with Crippen LogP contribution in [0.2, 0.25) is 0 Å². The lowest BCUT2D eigenvalue weighted by atomic mass is 9.91. The molecule has 0 aromatic carbocycles. The normalized spacial score (nSPS) is 27.9. The fraction of sp³-hybridized carbons (Fsp3) is 0.750. The summed E-state index contributed by atoms with van der Waals surface area (Å²) in [5, 5.41) is 6.00. The van der Waals surface area contributed by atoms with Crippen LogP contribution in [0.3, 0.4) is 0 Å². The summed E-state index contributed by atoms with van der Waals surface area (Å²) in [6, 6.07) is 5.57. The summed E-state index contributed by atoms with van der Waals surface area (Å²) in [5.74, 6) is 0.793. The molecule has 1 saturated carbocycles. The lowest BCUT2D eigenvalue weighted by molar-refractivity contribution is 0.273. The number of hydrogen-bond acceptors (Lipinski definition) is 3. The zero-order valence-electron chi connectivity index (χ0n) is 12.9. The summed E-state index contributed by atoms with van der Waals surface area (Å²) in [7, 11) is 4.35. The summed E-state index contributed by atoms with van der Waals surface area (Å²) in [5.41, 5.74) is 0.508. The third-order valence-electron chi connectivity index (χ3n) is 4.40. The van der Waals surface area contributed by atoms with Crippen molar-refractivity contribution in [1.82, 2.24) is 10.2 Å². The quantitative estimate of drug-likeness (QED) is 0.883. The van der Waals surface area contributed by atoms with Gasteiger partial charge in [-0.05, 0) is 49.7 Å². The van der Waals surface area contributed by atoms with Crippen molar-refractivity contribution in [3.8, 4) is 0 Å². The van der Waals surface area contributed by atoms with Crippen molar-refractivity contribution >= 4 is 11.3 Å². The fourth-order valence-electron chi connectivity index (χ4n) is 3.45. The molecule has 3 heteroatoms. The number of thiophene rings is 1. The molecule has 2 rings (SSSR count). The van der Waals surface area contributed by atoms with Crippen molar-refractivity contribution in [3.63, 3.8) is 0 Å². The Morgan fingerprint density at radius 3 is 2.63 bits per heavy atom. The Kier molecular flexibility index (Phi) is 4.70. The molecule has 1 fully saturated rings. The van der Waals surface area contributed by atoms with Crippen molar-refractivity contribution < 1.29 is 0 Å². The van der Waals surface area contributed by atoms with Gasteiger partial charge in [0.2, 0.25) is 0 Å². The topological polar surface area (TPSA) is 15.3 Å². The molecule has 1 N–H and O–H groups in total. The highest BCUT2D eigenvalue weighted by Crippen LogP contribution is 2.41. The Bertz CT molecular complexity index is 383. The summed E-state index contributed by atoms with van der Waals surface area (Å²) in [6.07, 6.45) is 2.65. The average molecular weight is 280 g/mol. The number of hydrogen-bond donors (Lipinski definition) is 1. The monoisotopic (exact) mass is 280 g/mol. The van der Waals surface area contributed by atoms with Crippen LogP contribution in [0.1, 0.15) is 44.5 Å².